The molecule has 0 saturated heterocycles. The molecular formula is C15H21N3OS. The summed E-state index contributed by atoms with van der Waals surface area (Å²) in [6, 6.07) is 2.32. The van der Waals surface area contributed by atoms with Crippen molar-refractivity contribution in [2.75, 3.05) is 0 Å². The Kier molecular flexibility index (Phi) is 4.95. The topological polar surface area (TPSA) is 38.1 Å². The van der Waals surface area contributed by atoms with Crippen molar-refractivity contribution in [1.82, 2.24) is 14.5 Å². The zero-order valence-corrected chi connectivity index (χ0v) is 13.1. The molecule has 0 saturated carbocycles. The summed E-state index contributed by atoms with van der Waals surface area (Å²) in [5, 5.41) is 4.15. The monoisotopic (exact) mass is 291 g/mol. The predicted octanol–water partition coefficient (Wildman–Crippen LogP) is 3.08. The van der Waals surface area contributed by atoms with Crippen LogP contribution >= 0.6 is 11.3 Å². The van der Waals surface area contributed by atoms with Crippen LogP contribution in [0.3, 0.4) is 0 Å². The van der Waals surface area contributed by atoms with Gasteiger partial charge in [-0.25, -0.2) is 4.98 Å². The van der Waals surface area contributed by atoms with Crippen LogP contribution in [0.5, 0.6) is 0 Å². The number of thiophene rings is 1. The molecule has 2 heterocycles. The highest BCUT2D eigenvalue weighted by Crippen LogP contribution is 2.14. The first-order valence-corrected chi connectivity index (χ1v) is 7.84. The number of aryl methyl sites for hydroxylation is 1. The molecule has 0 N–H and O–H groups in total. The molecule has 0 aliphatic heterocycles. The lowest BCUT2D eigenvalue weighted by Crippen LogP contribution is -2.39. The highest BCUT2D eigenvalue weighted by molar-refractivity contribution is 7.07. The normalized spacial score (nSPS) is 12.3. The molecule has 0 aromatic carbocycles. The number of nitrogens with zero attached hydrogens (tertiary/aromatic N) is 3. The molecule has 2 aromatic heterocycles. The summed E-state index contributed by atoms with van der Waals surface area (Å²) in [7, 11) is 0. The second kappa shape index (κ2) is 6.70. The van der Waals surface area contributed by atoms with Gasteiger partial charge in [-0.15, -0.1) is 0 Å². The molecule has 0 bridgehead atoms. The van der Waals surface area contributed by atoms with Crippen LogP contribution in [0.1, 0.15) is 31.7 Å². The van der Waals surface area contributed by atoms with Gasteiger partial charge in [-0.3, -0.25) is 4.79 Å². The highest BCUT2D eigenvalue weighted by atomic mass is 32.1. The van der Waals surface area contributed by atoms with Crippen molar-refractivity contribution in [3.63, 3.8) is 0 Å². The lowest BCUT2D eigenvalue weighted by atomic mass is 10.2. The lowest BCUT2D eigenvalue weighted by Gasteiger charge is -2.28. The summed E-state index contributed by atoms with van der Waals surface area (Å²) in [5.74, 6) is 1.02. The largest absolute Gasteiger partial charge is 0.334 e. The molecule has 2 aromatic rings. The molecule has 2 rings (SSSR count). The van der Waals surface area contributed by atoms with E-state index in [-0.39, 0.29) is 11.9 Å². The Hall–Kier alpha value is -1.62. The molecule has 4 nitrogen and oxygen atoms in total. The van der Waals surface area contributed by atoms with Gasteiger partial charge >= 0.3 is 0 Å². The summed E-state index contributed by atoms with van der Waals surface area (Å²) < 4.78 is 1.89. The summed E-state index contributed by atoms with van der Waals surface area (Å²) in [5.41, 5.74) is 1.20. The Morgan fingerprint density at radius 1 is 1.55 bits per heavy atom. The van der Waals surface area contributed by atoms with E-state index in [4.69, 9.17) is 0 Å². The van der Waals surface area contributed by atoms with Crippen molar-refractivity contribution in [1.29, 1.82) is 0 Å². The molecule has 1 unspecified atom stereocenters. The molecule has 20 heavy (non-hydrogen) atoms. The van der Waals surface area contributed by atoms with Gasteiger partial charge in [-0.1, -0.05) is 6.92 Å². The van der Waals surface area contributed by atoms with Gasteiger partial charge in [0.05, 0.1) is 0 Å². The van der Waals surface area contributed by atoms with E-state index in [0.29, 0.717) is 13.1 Å². The summed E-state index contributed by atoms with van der Waals surface area (Å²) in [4.78, 5) is 18.7. The number of carbonyl (C=O) groups is 1. The van der Waals surface area contributed by atoms with Crippen LogP contribution in [0.2, 0.25) is 0 Å². The lowest BCUT2D eigenvalue weighted by molar-refractivity contribution is -0.134. The van der Waals surface area contributed by atoms with Gasteiger partial charge in [0.15, 0.2) is 0 Å². The Bertz CT molecular complexity index is 547. The Balaban J connectivity index is 2.09. The van der Waals surface area contributed by atoms with Crippen LogP contribution in [0.25, 0.3) is 0 Å². The molecule has 0 fully saturated rings. The second-order valence-corrected chi connectivity index (χ2v) is 5.79. The third kappa shape index (κ3) is 3.48. The minimum absolute atomic E-state index is 0.145. The SMILES string of the molecule is CCC(C)N(Cc1ccsc1)C(=O)Cn1ccnc1C. The van der Waals surface area contributed by atoms with E-state index in [9.17, 15) is 4.79 Å². The van der Waals surface area contributed by atoms with Crippen molar-refractivity contribution >= 4 is 17.2 Å². The van der Waals surface area contributed by atoms with Crippen LogP contribution in [-0.4, -0.2) is 26.4 Å². The van der Waals surface area contributed by atoms with Crippen molar-refractivity contribution in [3.8, 4) is 0 Å². The zero-order chi connectivity index (χ0) is 14.5. The van der Waals surface area contributed by atoms with Gasteiger partial charge in [-0.05, 0) is 42.7 Å². The fourth-order valence-corrected chi connectivity index (χ4v) is 2.76. The average Bonchev–Trinajstić information content (AvgIpc) is 3.08. The van der Waals surface area contributed by atoms with Crippen LogP contribution < -0.4 is 0 Å². The maximum absolute atomic E-state index is 12.6. The highest BCUT2D eigenvalue weighted by Gasteiger charge is 2.20. The molecule has 1 atom stereocenters. The van der Waals surface area contributed by atoms with Crippen molar-refractivity contribution in [3.05, 3.63) is 40.6 Å². The van der Waals surface area contributed by atoms with Gasteiger partial charge in [0, 0.05) is 25.0 Å². The summed E-state index contributed by atoms with van der Waals surface area (Å²) in [6.45, 7) is 7.18. The molecule has 1 amide bonds. The van der Waals surface area contributed by atoms with E-state index in [1.54, 1.807) is 17.5 Å². The molecule has 0 aliphatic carbocycles. The molecular weight excluding hydrogens is 270 g/mol. The van der Waals surface area contributed by atoms with Gasteiger partial charge in [0.25, 0.3) is 0 Å². The third-order valence-electron chi connectivity index (χ3n) is 3.61. The first-order chi connectivity index (χ1) is 9.61. The van der Waals surface area contributed by atoms with E-state index in [0.717, 1.165) is 12.2 Å². The maximum atomic E-state index is 12.6. The van der Waals surface area contributed by atoms with E-state index in [1.807, 2.05) is 22.6 Å². The zero-order valence-electron chi connectivity index (χ0n) is 12.2. The maximum Gasteiger partial charge on any atom is 0.243 e. The fourth-order valence-electron chi connectivity index (χ4n) is 2.10. The Labute approximate surface area is 124 Å². The molecule has 0 aliphatic rings. The van der Waals surface area contributed by atoms with E-state index >= 15 is 0 Å². The quantitative estimate of drug-likeness (QED) is 0.820. The van der Waals surface area contributed by atoms with Crippen LogP contribution in [0.15, 0.2) is 29.2 Å². The predicted molar refractivity (Wildman–Crippen MR) is 81.6 cm³/mol. The Morgan fingerprint density at radius 3 is 2.90 bits per heavy atom. The van der Waals surface area contributed by atoms with Crippen LogP contribution in [0.4, 0.5) is 0 Å². The molecule has 108 valence electrons. The van der Waals surface area contributed by atoms with E-state index in [1.165, 1.54) is 5.56 Å². The van der Waals surface area contributed by atoms with Crippen LogP contribution in [-0.2, 0) is 17.9 Å². The second-order valence-electron chi connectivity index (χ2n) is 5.01. The fraction of sp³-hybridized carbons (Fsp3) is 0.467. The van der Waals surface area contributed by atoms with Crippen molar-refractivity contribution < 1.29 is 4.79 Å². The molecule has 0 spiro atoms. The van der Waals surface area contributed by atoms with Crippen molar-refractivity contribution in [2.24, 2.45) is 0 Å². The smallest absolute Gasteiger partial charge is 0.243 e. The first-order valence-electron chi connectivity index (χ1n) is 6.90. The van der Waals surface area contributed by atoms with Crippen molar-refractivity contribution in [2.45, 2.75) is 46.3 Å². The standard InChI is InChI=1S/C15H21N3OS/c1-4-12(2)18(9-14-5-8-20-11-14)15(19)10-17-7-6-16-13(17)3/h5-8,11-12H,4,9-10H2,1-3H3. The average molecular weight is 291 g/mol. The van der Waals surface area contributed by atoms with Gasteiger partial charge in [0.1, 0.15) is 12.4 Å². The van der Waals surface area contributed by atoms with E-state index < -0.39 is 0 Å². The number of aromatic nitrogens is 2. The molecule has 0 radical (unpaired) electrons. The number of hydrogen-bond donors (Lipinski definition) is 0. The number of rotatable bonds is 6. The van der Waals surface area contributed by atoms with E-state index in [2.05, 4.69) is 35.7 Å². The number of amides is 1. The summed E-state index contributed by atoms with van der Waals surface area (Å²) in [6.07, 6.45) is 4.54. The van der Waals surface area contributed by atoms with Gasteiger partial charge in [-0.2, -0.15) is 11.3 Å². The number of carbonyl (C=O) groups excluding carboxylic acids is 1. The minimum Gasteiger partial charge on any atom is -0.334 e. The molecule has 5 heteroatoms. The minimum atomic E-state index is 0.145. The third-order valence-corrected chi connectivity index (χ3v) is 4.34. The number of imidazole rings is 1. The summed E-state index contributed by atoms with van der Waals surface area (Å²) >= 11 is 1.67. The van der Waals surface area contributed by atoms with Crippen LogP contribution in [0, 0.1) is 6.92 Å². The Morgan fingerprint density at radius 2 is 2.35 bits per heavy atom. The van der Waals surface area contributed by atoms with Gasteiger partial charge in [0.2, 0.25) is 5.91 Å². The first kappa shape index (κ1) is 14.8. The van der Waals surface area contributed by atoms with Gasteiger partial charge < -0.3 is 9.47 Å². The number of hydrogen-bond acceptors (Lipinski definition) is 3.